The van der Waals surface area contributed by atoms with Crippen molar-refractivity contribution in [2.75, 3.05) is 0 Å². The lowest BCUT2D eigenvalue weighted by Gasteiger charge is -2.04. The number of hydrogen-bond donors (Lipinski definition) is 0. The van der Waals surface area contributed by atoms with Gasteiger partial charge in [-0.05, 0) is 6.08 Å². The van der Waals surface area contributed by atoms with Crippen molar-refractivity contribution in [2.24, 2.45) is 0 Å². The molecular formula is C6H5Cl2. The van der Waals surface area contributed by atoms with Gasteiger partial charge in [0.1, 0.15) is 0 Å². The van der Waals surface area contributed by atoms with Gasteiger partial charge in [0.15, 0.2) is 0 Å². The predicted octanol–water partition coefficient (Wildman–Crippen LogP) is 2.49. The van der Waals surface area contributed by atoms with Crippen LogP contribution in [0.3, 0.4) is 0 Å². The van der Waals surface area contributed by atoms with Gasteiger partial charge in [-0.15, -0.1) is 11.6 Å². The number of halogens is 2. The molecule has 43 valence electrons. The van der Waals surface area contributed by atoms with E-state index in [1.807, 2.05) is 12.2 Å². The minimum atomic E-state index is -0.0208. The smallest absolute Gasteiger partial charge is 0.0603 e. The Morgan fingerprint density at radius 3 is 2.62 bits per heavy atom. The summed E-state index contributed by atoms with van der Waals surface area (Å²) in [5.74, 6) is 0. The van der Waals surface area contributed by atoms with Crippen LogP contribution in [0.1, 0.15) is 0 Å². The van der Waals surface area contributed by atoms with Crippen LogP contribution in [0.25, 0.3) is 0 Å². The van der Waals surface area contributed by atoms with Crippen molar-refractivity contribution in [3.8, 4) is 0 Å². The molecule has 1 rings (SSSR count). The highest BCUT2D eigenvalue weighted by Crippen LogP contribution is 2.18. The van der Waals surface area contributed by atoms with Crippen LogP contribution in [0.5, 0.6) is 0 Å². The summed E-state index contributed by atoms with van der Waals surface area (Å²) in [5, 5.41) is 0.694. The third kappa shape index (κ3) is 1.53. The van der Waals surface area contributed by atoms with Crippen molar-refractivity contribution >= 4 is 23.2 Å². The fourth-order valence-corrected chi connectivity index (χ4v) is 1.01. The van der Waals surface area contributed by atoms with Gasteiger partial charge in [-0.2, -0.15) is 0 Å². The minimum absolute atomic E-state index is 0.0208. The first-order chi connectivity index (χ1) is 3.79. The fourth-order valence-electron chi connectivity index (χ4n) is 0.517. The summed E-state index contributed by atoms with van der Waals surface area (Å²) in [5.41, 5.74) is 0. The molecule has 0 N–H and O–H groups in total. The van der Waals surface area contributed by atoms with E-state index < -0.39 is 0 Å². The van der Waals surface area contributed by atoms with E-state index in [1.165, 1.54) is 0 Å². The number of allylic oxidation sites excluding steroid dienone is 4. The molecule has 0 saturated carbocycles. The second kappa shape index (κ2) is 2.56. The van der Waals surface area contributed by atoms with Crippen LogP contribution >= 0.6 is 23.2 Å². The van der Waals surface area contributed by atoms with Gasteiger partial charge in [-0.1, -0.05) is 23.8 Å². The van der Waals surface area contributed by atoms with E-state index in [0.29, 0.717) is 5.03 Å². The Hall–Kier alpha value is 0.0600. The topological polar surface area (TPSA) is 0 Å². The molecule has 0 nitrogen and oxygen atoms in total. The summed E-state index contributed by atoms with van der Waals surface area (Å²) in [6.07, 6.45) is 7.30. The first-order valence-electron chi connectivity index (χ1n) is 2.32. The largest absolute Gasteiger partial charge is 0.118 e. The van der Waals surface area contributed by atoms with E-state index in [0.717, 1.165) is 0 Å². The Morgan fingerprint density at radius 1 is 1.50 bits per heavy atom. The van der Waals surface area contributed by atoms with E-state index in [1.54, 1.807) is 12.5 Å². The highest BCUT2D eigenvalue weighted by atomic mass is 35.5. The normalized spacial score (nSPS) is 27.8. The Bertz CT molecular complexity index is 135. The molecule has 0 saturated heterocycles. The van der Waals surface area contributed by atoms with Gasteiger partial charge >= 0.3 is 0 Å². The minimum Gasteiger partial charge on any atom is -0.118 e. The highest BCUT2D eigenvalue weighted by molar-refractivity contribution is 6.33. The lowest BCUT2D eigenvalue weighted by molar-refractivity contribution is 1.25. The fraction of sp³-hybridized carbons (Fsp3) is 0.167. The molecule has 0 spiro atoms. The summed E-state index contributed by atoms with van der Waals surface area (Å²) >= 11 is 11.2. The third-order valence-electron chi connectivity index (χ3n) is 0.869. The Kier molecular flexibility index (Phi) is 1.98. The second-order valence-corrected chi connectivity index (χ2v) is 2.49. The summed E-state index contributed by atoms with van der Waals surface area (Å²) in [7, 11) is 0. The molecule has 0 aromatic rings. The van der Waals surface area contributed by atoms with E-state index in [-0.39, 0.29) is 5.38 Å². The molecule has 0 heterocycles. The van der Waals surface area contributed by atoms with E-state index in [9.17, 15) is 0 Å². The second-order valence-electron chi connectivity index (χ2n) is 1.55. The van der Waals surface area contributed by atoms with E-state index in [2.05, 4.69) is 0 Å². The molecule has 0 aliphatic heterocycles. The van der Waals surface area contributed by atoms with Crippen molar-refractivity contribution in [1.29, 1.82) is 0 Å². The maximum atomic E-state index is 5.64. The first-order valence-corrected chi connectivity index (χ1v) is 3.13. The van der Waals surface area contributed by atoms with Gasteiger partial charge < -0.3 is 0 Å². The van der Waals surface area contributed by atoms with Crippen LogP contribution in [0.2, 0.25) is 0 Å². The Labute approximate surface area is 58.8 Å². The molecule has 0 bridgehead atoms. The third-order valence-corrected chi connectivity index (χ3v) is 1.39. The molecule has 0 unspecified atom stereocenters. The maximum absolute atomic E-state index is 5.64. The van der Waals surface area contributed by atoms with Crippen LogP contribution < -0.4 is 0 Å². The summed E-state index contributed by atoms with van der Waals surface area (Å²) < 4.78 is 0. The number of hydrogen-bond acceptors (Lipinski definition) is 0. The number of alkyl halides is 1. The van der Waals surface area contributed by atoms with Crippen LogP contribution in [0.4, 0.5) is 0 Å². The molecule has 0 aromatic heterocycles. The van der Waals surface area contributed by atoms with E-state index in [4.69, 9.17) is 23.2 Å². The SMILES string of the molecule is ClC1=CC=C[C@@H](Cl)[CH]1. The predicted molar refractivity (Wildman–Crippen MR) is 37.0 cm³/mol. The van der Waals surface area contributed by atoms with Crippen LogP contribution in [0.15, 0.2) is 23.3 Å². The molecule has 0 aromatic carbocycles. The molecule has 1 aliphatic rings. The van der Waals surface area contributed by atoms with Gasteiger partial charge in [0.25, 0.3) is 0 Å². The maximum Gasteiger partial charge on any atom is 0.0603 e. The molecule has 2 heteroatoms. The zero-order chi connectivity index (χ0) is 5.98. The summed E-state index contributed by atoms with van der Waals surface area (Å²) in [6.45, 7) is 0. The molecular weight excluding hydrogens is 143 g/mol. The summed E-state index contributed by atoms with van der Waals surface area (Å²) in [4.78, 5) is 0. The standard InChI is InChI=1S/C6H5Cl2/c7-5-2-1-3-6(8)4-5/h1-5H/t5-/m1/s1. The lowest BCUT2D eigenvalue weighted by Crippen LogP contribution is -1.96. The highest BCUT2D eigenvalue weighted by Gasteiger charge is 2.04. The van der Waals surface area contributed by atoms with Crippen molar-refractivity contribution < 1.29 is 0 Å². The monoisotopic (exact) mass is 147 g/mol. The first kappa shape index (κ1) is 6.18. The van der Waals surface area contributed by atoms with Gasteiger partial charge in [0.2, 0.25) is 0 Å². The zero-order valence-electron chi connectivity index (χ0n) is 4.14. The van der Waals surface area contributed by atoms with Crippen molar-refractivity contribution in [2.45, 2.75) is 5.38 Å². The van der Waals surface area contributed by atoms with Gasteiger partial charge in [-0.3, -0.25) is 0 Å². The molecule has 1 atom stereocenters. The van der Waals surface area contributed by atoms with Crippen LogP contribution in [0, 0.1) is 6.42 Å². The average Bonchev–Trinajstić information content (AvgIpc) is 1.64. The van der Waals surface area contributed by atoms with Crippen LogP contribution in [-0.4, -0.2) is 5.38 Å². The lowest BCUT2D eigenvalue weighted by atomic mass is 10.2. The van der Waals surface area contributed by atoms with Crippen molar-refractivity contribution in [1.82, 2.24) is 0 Å². The quantitative estimate of drug-likeness (QED) is 0.463. The van der Waals surface area contributed by atoms with Gasteiger partial charge in [0.05, 0.1) is 5.38 Å². The molecule has 0 amide bonds. The zero-order valence-corrected chi connectivity index (χ0v) is 5.65. The van der Waals surface area contributed by atoms with Gasteiger partial charge in [0, 0.05) is 11.5 Å². The molecule has 0 fully saturated rings. The Morgan fingerprint density at radius 2 is 2.25 bits per heavy atom. The average molecular weight is 148 g/mol. The van der Waals surface area contributed by atoms with E-state index >= 15 is 0 Å². The summed E-state index contributed by atoms with van der Waals surface area (Å²) in [6, 6.07) is 0. The van der Waals surface area contributed by atoms with Crippen molar-refractivity contribution in [3.05, 3.63) is 29.7 Å². The molecule has 8 heavy (non-hydrogen) atoms. The van der Waals surface area contributed by atoms with Crippen molar-refractivity contribution in [3.63, 3.8) is 0 Å². The van der Waals surface area contributed by atoms with Gasteiger partial charge in [-0.25, -0.2) is 0 Å². The Balaban J connectivity index is 2.59. The number of rotatable bonds is 0. The van der Waals surface area contributed by atoms with Crippen LogP contribution in [-0.2, 0) is 0 Å². The molecule has 1 aliphatic carbocycles. The molecule has 1 radical (unpaired) electrons.